The van der Waals surface area contributed by atoms with Crippen molar-refractivity contribution in [1.29, 1.82) is 0 Å². The van der Waals surface area contributed by atoms with Crippen molar-refractivity contribution in [2.24, 2.45) is 0 Å². The first-order valence-electron chi connectivity index (χ1n) is 8.80. The molecule has 0 aliphatic carbocycles. The van der Waals surface area contributed by atoms with Gasteiger partial charge in [-0.25, -0.2) is 8.42 Å². The lowest BCUT2D eigenvalue weighted by Gasteiger charge is -2.28. The highest BCUT2D eigenvalue weighted by atomic mass is 32.2. The van der Waals surface area contributed by atoms with Gasteiger partial charge in [-0.15, -0.1) is 0 Å². The smallest absolute Gasteiger partial charge is 0.254 e. The van der Waals surface area contributed by atoms with Gasteiger partial charge in [0.15, 0.2) is 9.84 Å². The summed E-state index contributed by atoms with van der Waals surface area (Å²) < 4.78 is 29.2. The number of carbonyl (C=O) groups is 1. The summed E-state index contributed by atoms with van der Waals surface area (Å²) in [4.78, 5) is 14.8. The van der Waals surface area contributed by atoms with E-state index in [1.54, 1.807) is 23.3 Å². The molecule has 1 atom stereocenters. The number of hydrogen-bond acceptors (Lipinski definition) is 4. The number of furan rings is 1. The van der Waals surface area contributed by atoms with Gasteiger partial charge in [0.1, 0.15) is 5.76 Å². The zero-order valence-electron chi connectivity index (χ0n) is 15.4. The van der Waals surface area contributed by atoms with E-state index in [0.29, 0.717) is 17.7 Å². The molecule has 1 aliphatic rings. The molecule has 140 valence electrons. The Morgan fingerprint density at radius 3 is 2.38 bits per heavy atom. The highest BCUT2D eigenvalue weighted by Crippen LogP contribution is 2.25. The molecule has 1 aromatic heterocycles. The average Bonchev–Trinajstić information content (AvgIpc) is 3.20. The third-order valence-corrected chi connectivity index (χ3v) is 6.56. The number of nitrogens with zero attached hydrogens (tertiary/aromatic N) is 1. The minimum atomic E-state index is -3.09. The number of sulfone groups is 1. The van der Waals surface area contributed by atoms with E-state index in [2.05, 4.69) is 20.8 Å². The molecule has 2 heterocycles. The number of amides is 1. The van der Waals surface area contributed by atoms with Crippen LogP contribution in [0.15, 0.2) is 47.1 Å². The molecule has 1 amide bonds. The number of hydrogen-bond donors (Lipinski definition) is 0. The summed E-state index contributed by atoms with van der Waals surface area (Å²) in [7, 11) is -3.09. The molecule has 3 rings (SSSR count). The first-order chi connectivity index (χ1) is 12.2. The summed E-state index contributed by atoms with van der Waals surface area (Å²) in [5.74, 6) is 0.625. The molecule has 26 heavy (non-hydrogen) atoms. The summed E-state index contributed by atoms with van der Waals surface area (Å²) >= 11 is 0. The molecule has 0 radical (unpaired) electrons. The fraction of sp³-hybridized carbons (Fsp3) is 0.450. The molecule has 1 fully saturated rings. The first-order valence-corrected chi connectivity index (χ1v) is 10.6. The van der Waals surface area contributed by atoms with E-state index in [1.165, 1.54) is 0 Å². The van der Waals surface area contributed by atoms with Crippen LogP contribution < -0.4 is 0 Å². The van der Waals surface area contributed by atoms with E-state index in [9.17, 15) is 13.2 Å². The monoisotopic (exact) mass is 375 g/mol. The van der Waals surface area contributed by atoms with E-state index in [1.807, 2.05) is 24.3 Å². The van der Waals surface area contributed by atoms with Gasteiger partial charge in [-0.2, -0.15) is 0 Å². The molecule has 0 saturated carbocycles. The Morgan fingerprint density at radius 1 is 1.19 bits per heavy atom. The second kappa shape index (κ2) is 6.91. The van der Waals surface area contributed by atoms with Crippen LogP contribution in [0.2, 0.25) is 0 Å². The van der Waals surface area contributed by atoms with Crippen LogP contribution >= 0.6 is 0 Å². The normalized spacial score (nSPS) is 19.4. The zero-order valence-corrected chi connectivity index (χ0v) is 16.3. The van der Waals surface area contributed by atoms with Gasteiger partial charge in [0, 0.05) is 11.6 Å². The van der Waals surface area contributed by atoms with Crippen LogP contribution in [0.25, 0.3) is 0 Å². The van der Waals surface area contributed by atoms with Gasteiger partial charge in [0.05, 0.1) is 24.3 Å². The van der Waals surface area contributed by atoms with E-state index in [0.717, 1.165) is 5.56 Å². The predicted molar refractivity (Wildman–Crippen MR) is 101 cm³/mol. The van der Waals surface area contributed by atoms with Crippen LogP contribution in [0.1, 0.15) is 48.9 Å². The highest BCUT2D eigenvalue weighted by Gasteiger charge is 2.35. The summed E-state index contributed by atoms with van der Waals surface area (Å²) in [5, 5.41) is 0. The van der Waals surface area contributed by atoms with Crippen LogP contribution in [0.4, 0.5) is 0 Å². The largest absolute Gasteiger partial charge is 0.467 e. The Morgan fingerprint density at radius 2 is 1.88 bits per heavy atom. The Kier molecular flexibility index (Phi) is 4.97. The molecule has 0 bridgehead atoms. The Balaban J connectivity index is 1.87. The molecule has 0 spiro atoms. The highest BCUT2D eigenvalue weighted by molar-refractivity contribution is 7.91. The third-order valence-electron chi connectivity index (χ3n) is 4.81. The Bertz CT molecular complexity index is 862. The van der Waals surface area contributed by atoms with Crippen LogP contribution in [0.5, 0.6) is 0 Å². The average molecular weight is 375 g/mol. The van der Waals surface area contributed by atoms with Gasteiger partial charge in [-0.1, -0.05) is 32.9 Å². The maximum absolute atomic E-state index is 13.1. The lowest BCUT2D eigenvalue weighted by molar-refractivity contribution is 0.0666. The van der Waals surface area contributed by atoms with Crippen LogP contribution in [0.3, 0.4) is 0 Å². The van der Waals surface area contributed by atoms with Crippen molar-refractivity contribution in [3.63, 3.8) is 0 Å². The van der Waals surface area contributed by atoms with Gasteiger partial charge < -0.3 is 9.32 Å². The lowest BCUT2D eigenvalue weighted by atomic mass is 9.86. The quantitative estimate of drug-likeness (QED) is 0.821. The Hall–Kier alpha value is -2.08. The molecule has 1 aromatic carbocycles. The molecule has 0 N–H and O–H groups in total. The topological polar surface area (TPSA) is 67.6 Å². The number of benzene rings is 1. The lowest BCUT2D eigenvalue weighted by Crippen LogP contribution is -2.40. The second-order valence-corrected chi connectivity index (χ2v) is 10.1. The van der Waals surface area contributed by atoms with E-state index >= 15 is 0 Å². The fourth-order valence-electron chi connectivity index (χ4n) is 3.24. The van der Waals surface area contributed by atoms with Gasteiger partial charge in [0.2, 0.25) is 0 Å². The summed E-state index contributed by atoms with van der Waals surface area (Å²) in [6.45, 7) is 6.64. The van der Waals surface area contributed by atoms with Gasteiger partial charge in [0.25, 0.3) is 5.91 Å². The molecule has 1 aliphatic heterocycles. The van der Waals surface area contributed by atoms with Crippen molar-refractivity contribution in [2.75, 3.05) is 11.5 Å². The van der Waals surface area contributed by atoms with Crippen LogP contribution in [-0.2, 0) is 21.8 Å². The number of carbonyl (C=O) groups excluding carboxylic acids is 1. The minimum absolute atomic E-state index is 0.00889. The van der Waals surface area contributed by atoms with Crippen molar-refractivity contribution in [3.05, 3.63) is 59.5 Å². The summed E-state index contributed by atoms with van der Waals surface area (Å²) in [6.07, 6.45) is 2.02. The molecule has 0 unspecified atom stereocenters. The molecule has 1 saturated heterocycles. The van der Waals surface area contributed by atoms with Crippen molar-refractivity contribution in [1.82, 2.24) is 4.90 Å². The maximum atomic E-state index is 13.1. The zero-order chi connectivity index (χ0) is 18.9. The maximum Gasteiger partial charge on any atom is 0.254 e. The SMILES string of the molecule is CC(C)(C)c1ccc(C(=O)N(Cc2ccco2)[C@H]2CCS(=O)(=O)C2)cc1. The summed E-state index contributed by atoms with van der Waals surface area (Å²) in [6, 6.07) is 10.8. The standard InChI is InChI=1S/C20H25NO4S/c1-20(2,3)16-8-6-15(7-9-16)19(22)21(13-18-5-4-11-25-18)17-10-12-26(23,24)14-17/h4-9,11,17H,10,12-14H2,1-3H3/t17-/m0/s1. The molecular weight excluding hydrogens is 350 g/mol. The van der Waals surface area contributed by atoms with Gasteiger partial charge >= 0.3 is 0 Å². The minimum Gasteiger partial charge on any atom is -0.467 e. The van der Waals surface area contributed by atoms with Gasteiger partial charge in [-0.05, 0) is 41.7 Å². The molecule has 2 aromatic rings. The molecular formula is C20H25NO4S. The first kappa shape index (κ1) is 18.7. The third kappa shape index (κ3) is 4.18. The van der Waals surface area contributed by atoms with Crippen molar-refractivity contribution in [2.45, 2.75) is 45.2 Å². The Labute approximate surface area is 154 Å². The van der Waals surface area contributed by atoms with Crippen LogP contribution in [-0.4, -0.2) is 36.8 Å². The number of rotatable bonds is 4. The van der Waals surface area contributed by atoms with Crippen molar-refractivity contribution >= 4 is 15.7 Å². The van der Waals surface area contributed by atoms with Crippen LogP contribution in [0, 0.1) is 0 Å². The predicted octanol–water partition coefficient (Wildman–Crippen LogP) is 3.41. The molecule has 5 nitrogen and oxygen atoms in total. The summed E-state index contributed by atoms with van der Waals surface area (Å²) in [5.41, 5.74) is 1.72. The molecule has 6 heteroatoms. The van der Waals surface area contributed by atoms with Crippen molar-refractivity contribution in [3.8, 4) is 0 Å². The fourth-order valence-corrected chi connectivity index (χ4v) is 4.97. The second-order valence-electron chi connectivity index (χ2n) is 7.90. The van der Waals surface area contributed by atoms with E-state index in [4.69, 9.17) is 4.42 Å². The van der Waals surface area contributed by atoms with E-state index in [-0.39, 0.29) is 35.4 Å². The van der Waals surface area contributed by atoms with Gasteiger partial charge in [-0.3, -0.25) is 4.79 Å². The van der Waals surface area contributed by atoms with Crippen molar-refractivity contribution < 1.29 is 17.6 Å². The van der Waals surface area contributed by atoms with E-state index < -0.39 is 9.84 Å².